The van der Waals surface area contributed by atoms with Crippen LogP contribution < -0.4 is 4.74 Å². The molecule has 2 aromatic rings. The van der Waals surface area contributed by atoms with Crippen LogP contribution in [0.4, 0.5) is 0 Å². The van der Waals surface area contributed by atoms with Crippen LogP contribution in [0.5, 0.6) is 5.88 Å². The van der Waals surface area contributed by atoms with Crippen LogP contribution in [0.15, 0.2) is 6.07 Å². The zero-order chi connectivity index (χ0) is 15.6. The number of hydrogen-bond acceptors (Lipinski definition) is 4. The van der Waals surface area contributed by atoms with E-state index in [9.17, 15) is 0 Å². The molecule has 1 saturated heterocycles. The van der Waals surface area contributed by atoms with Crippen molar-refractivity contribution in [2.45, 2.75) is 57.8 Å². The van der Waals surface area contributed by atoms with Crippen molar-refractivity contribution in [3.8, 4) is 5.88 Å². The first kappa shape index (κ1) is 14.9. The van der Waals surface area contributed by atoms with Crippen LogP contribution in [0.2, 0.25) is 0 Å². The van der Waals surface area contributed by atoms with Gasteiger partial charge in [-0.1, -0.05) is 13.3 Å². The molecule has 1 fully saturated rings. The number of fused-ring (bicyclic) bond motifs is 2. The number of ether oxygens (including phenoxy) is 2. The maximum Gasteiger partial charge on any atom is 0.221 e. The third kappa shape index (κ3) is 2.82. The summed E-state index contributed by atoms with van der Waals surface area (Å²) in [6, 6.07) is 2.15. The lowest BCUT2D eigenvalue weighted by Crippen LogP contribution is -2.14. The Kier molecular flexibility index (Phi) is 4.21. The van der Waals surface area contributed by atoms with Gasteiger partial charge >= 0.3 is 0 Å². The summed E-state index contributed by atoms with van der Waals surface area (Å²) in [4.78, 5) is 4.85. The quantitative estimate of drug-likeness (QED) is 0.794. The molecular formula is C18H25N3O2. The number of nitrogens with zero attached hydrogens (tertiary/aromatic N) is 3. The van der Waals surface area contributed by atoms with E-state index in [1.165, 1.54) is 17.7 Å². The lowest BCUT2D eigenvalue weighted by atomic mass is 9.97. The molecule has 0 saturated carbocycles. The molecule has 4 rings (SSSR count). The molecule has 124 valence electrons. The summed E-state index contributed by atoms with van der Waals surface area (Å²) in [7, 11) is 0. The van der Waals surface area contributed by atoms with E-state index in [1.807, 2.05) is 4.52 Å². The Morgan fingerprint density at radius 3 is 3.00 bits per heavy atom. The van der Waals surface area contributed by atoms with Crippen molar-refractivity contribution in [2.24, 2.45) is 0 Å². The van der Waals surface area contributed by atoms with Crippen LogP contribution in [0.25, 0.3) is 5.65 Å². The Balaban J connectivity index is 1.72. The number of aromatic nitrogens is 3. The van der Waals surface area contributed by atoms with E-state index in [1.54, 1.807) is 0 Å². The standard InChI is InChI=1S/C18H25N3O2/c1-2-3-9-23-18-14-5-4-6-15(14)19-17-12-16(20-21(17)18)13-7-10-22-11-8-13/h12-13H,2-11H2,1H3. The van der Waals surface area contributed by atoms with Crippen LogP contribution in [0.3, 0.4) is 0 Å². The maximum absolute atomic E-state index is 6.14. The second-order valence-corrected chi connectivity index (χ2v) is 6.62. The van der Waals surface area contributed by atoms with Gasteiger partial charge in [0.1, 0.15) is 0 Å². The third-order valence-electron chi connectivity index (χ3n) is 4.97. The molecule has 1 aliphatic carbocycles. The minimum Gasteiger partial charge on any atom is -0.477 e. The molecule has 3 heterocycles. The highest BCUT2D eigenvalue weighted by Gasteiger charge is 2.25. The van der Waals surface area contributed by atoms with Crippen molar-refractivity contribution in [2.75, 3.05) is 19.8 Å². The molecule has 2 aliphatic rings. The predicted octanol–water partition coefficient (Wildman–Crippen LogP) is 3.29. The lowest BCUT2D eigenvalue weighted by Gasteiger charge is -2.19. The molecule has 5 heteroatoms. The molecule has 5 nitrogen and oxygen atoms in total. The molecule has 0 aromatic carbocycles. The number of hydrogen-bond donors (Lipinski definition) is 0. The smallest absolute Gasteiger partial charge is 0.221 e. The third-order valence-corrected chi connectivity index (χ3v) is 4.97. The van der Waals surface area contributed by atoms with Gasteiger partial charge in [0.25, 0.3) is 0 Å². The first-order valence-electron chi connectivity index (χ1n) is 8.98. The first-order valence-corrected chi connectivity index (χ1v) is 8.98. The molecule has 0 atom stereocenters. The first-order chi connectivity index (χ1) is 11.4. The summed E-state index contributed by atoms with van der Waals surface area (Å²) in [6.07, 6.45) is 7.62. The minimum absolute atomic E-state index is 0.490. The van der Waals surface area contributed by atoms with E-state index >= 15 is 0 Å². The van der Waals surface area contributed by atoms with Gasteiger partial charge in [0.2, 0.25) is 5.88 Å². The molecule has 0 N–H and O–H groups in total. The molecule has 0 radical (unpaired) electrons. The highest BCUT2D eigenvalue weighted by atomic mass is 16.5. The van der Waals surface area contributed by atoms with Crippen molar-refractivity contribution in [3.05, 3.63) is 23.0 Å². The van der Waals surface area contributed by atoms with Gasteiger partial charge in [-0.15, -0.1) is 0 Å². The van der Waals surface area contributed by atoms with Crippen LogP contribution >= 0.6 is 0 Å². The normalized spacial score (nSPS) is 18.5. The highest BCUT2D eigenvalue weighted by molar-refractivity contribution is 5.49. The molecule has 0 unspecified atom stereocenters. The SMILES string of the molecule is CCCCOc1c2c(nc3cc(C4CCOCC4)nn13)CCC2. The fourth-order valence-electron chi connectivity index (χ4n) is 3.62. The Bertz CT molecular complexity index is 689. The van der Waals surface area contributed by atoms with Crippen molar-refractivity contribution in [1.29, 1.82) is 0 Å². The minimum atomic E-state index is 0.490. The van der Waals surface area contributed by atoms with E-state index in [0.717, 1.165) is 75.6 Å². The summed E-state index contributed by atoms with van der Waals surface area (Å²) < 4.78 is 13.6. The molecule has 0 amide bonds. The Morgan fingerprint density at radius 1 is 1.30 bits per heavy atom. The highest BCUT2D eigenvalue weighted by Crippen LogP contribution is 2.33. The van der Waals surface area contributed by atoms with E-state index in [-0.39, 0.29) is 0 Å². The molecule has 0 spiro atoms. The summed E-state index contributed by atoms with van der Waals surface area (Å²) in [6.45, 7) is 4.62. The molecule has 23 heavy (non-hydrogen) atoms. The van der Waals surface area contributed by atoms with Crippen molar-refractivity contribution >= 4 is 5.65 Å². The van der Waals surface area contributed by atoms with Gasteiger partial charge in [0.05, 0.1) is 18.0 Å². The number of rotatable bonds is 5. The molecule has 1 aliphatic heterocycles. The maximum atomic E-state index is 6.14. The average molecular weight is 315 g/mol. The zero-order valence-corrected chi connectivity index (χ0v) is 13.9. The van der Waals surface area contributed by atoms with Gasteiger partial charge in [0.15, 0.2) is 5.65 Å². The number of unbranched alkanes of at least 4 members (excludes halogenated alkanes) is 1. The van der Waals surface area contributed by atoms with E-state index in [0.29, 0.717) is 5.92 Å². The lowest BCUT2D eigenvalue weighted by molar-refractivity contribution is 0.0844. The largest absolute Gasteiger partial charge is 0.477 e. The summed E-state index contributed by atoms with van der Waals surface area (Å²) in [5, 5.41) is 4.87. The van der Waals surface area contributed by atoms with Gasteiger partial charge < -0.3 is 9.47 Å². The van der Waals surface area contributed by atoms with E-state index in [4.69, 9.17) is 19.6 Å². The fourth-order valence-corrected chi connectivity index (χ4v) is 3.62. The Hall–Kier alpha value is -1.62. The van der Waals surface area contributed by atoms with E-state index in [2.05, 4.69) is 13.0 Å². The van der Waals surface area contributed by atoms with Gasteiger partial charge in [-0.25, -0.2) is 4.98 Å². The topological polar surface area (TPSA) is 48.7 Å². The molecule has 0 bridgehead atoms. The van der Waals surface area contributed by atoms with E-state index < -0.39 is 0 Å². The van der Waals surface area contributed by atoms with Crippen LogP contribution in [0.1, 0.15) is 61.9 Å². The monoisotopic (exact) mass is 315 g/mol. The van der Waals surface area contributed by atoms with Crippen molar-refractivity contribution < 1.29 is 9.47 Å². The van der Waals surface area contributed by atoms with Gasteiger partial charge in [-0.2, -0.15) is 9.61 Å². The second kappa shape index (κ2) is 6.48. The van der Waals surface area contributed by atoms with Gasteiger partial charge in [0, 0.05) is 30.8 Å². The molecule has 2 aromatic heterocycles. The van der Waals surface area contributed by atoms with Crippen LogP contribution in [-0.2, 0) is 17.6 Å². The second-order valence-electron chi connectivity index (χ2n) is 6.62. The van der Waals surface area contributed by atoms with Crippen LogP contribution in [-0.4, -0.2) is 34.4 Å². The Morgan fingerprint density at radius 2 is 2.17 bits per heavy atom. The average Bonchev–Trinajstić information content (AvgIpc) is 3.21. The van der Waals surface area contributed by atoms with Gasteiger partial charge in [-0.05, 0) is 38.5 Å². The summed E-state index contributed by atoms with van der Waals surface area (Å²) in [5.41, 5.74) is 4.57. The number of aryl methyl sites for hydroxylation is 1. The van der Waals surface area contributed by atoms with Crippen LogP contribution in [0, 0.1) is 0 Å². The predicted molar refractivity (Wildman–Crippen MR) is 88.2 cm³/mol. The molecular weight excluding hydrogens is 290 g/mol. The fraction of sp³-hybridized carbons (Fsp3) is 0.667. The van der Waals surface area contributed by atoms with Crippen molar-refractivity contribution in [1.82, 2.24) is 14.6 Å². The summed E-state index contributed by atoms with van der Waals surface area (Å²) in [5.74, 6) is 1.43. The zero-order valence-electron chi connectivity index (χ0n) is 13.9. The van der Waals surface area contributed by atoms with Gasteiger partial charge in [-0.3, -0.25) is 0 Å². The Labute approximate surface area is 137 Å². The summed E-state index contributed by atoms with van der Waals surface area (Å²) >= 11 is 0. The van der Waals surface area contributed by atoms with Crippen molar-refractivity contribution in [3.63, 3.8) is 0 Å².